The highest BCUT2D eigenvalue weighted by molar-refractivity contribution is 6.01. The van der Waals surface area contributed by atoms with Gasteiger partial charge in [0.05, 0.1) is 6.61 Å². The summed E-state index contributed by atoms with van der Waals surface area (Å²) in [6, 6.07) is 0.205. The van der Waals surface area contributed by atoms with Crippen LogP contribution in [0.1, 0.15) is 32.1 Å². The number of piperidine rings is 1. The van der Waals surface area contributed by atoms with Crippen molar-refractivity contribution in [3.05, 3.63) is 0 Å². The Kier molecular flexibility index (Phi) is 4.12. The monoisotopic (exact) mass is 240 g/mol. The van der Waals surface area contributed by atoms with Gasteiger partial charge in [-0.15, -0.1) is 0 Å². The van der Waals surface area contributed by atoms with Crippen LogP contribution in [0.5, 0.6) is 0 Å². The fraction of sp³-hybridized carbons (Fsp3) is 0.833. The maximum atomic E-state index is 11.4. The molecule has 2 fully saturated rings. The van der Waals surface area contributed by atoms with Crippen molar-refractivity contribution in [2.24, 2.45) is 0 Å². The van der Waals surface area contributed by atoms with Crippen molar-refractivity contribution < 1.29 is 14.7 Å². The van der Waals surface area contributed by atoms with Crippen LogP contribution in [0, 0.1) is 0 Å². The molecule has 5 heteroatoms. The quantitative estimate of drug-likeness (QED) is 0.702. The van der Waals surface area contributed by atoms with Gasteiger partial charge in [-0.2, -0.15) is 0 Å². The Labute approximate surface area is 101 Å². The largest absolute Gasteiger partial charge is 0.395 e. The Balaban J connectivity index is 1.84. The topological polar surface area (TPSA) is 60.9 Å². The minimum Gasteiger partial charge on any atom is -0.395 e. The third-order valence-corrected chi connectivity index (χ3v) is 3.73. The highest BCUT2D eigenvalue weighted by Gasteiger charge is 2.30. The molecule has 0 aromatic rings. The van der Waals surface area contributed by atoms with E-state index in [2.05, 4.69) is 4.90 Å². The molecule has 0 aromatic carbocycles. The number of aliphatic hydroxyl groups excluding tert-OH is 1. The molecule has 2 aliphatic rings. The number of carbonyl (C=O) groups excluding carboxylic acids is 2. The van der Waals surface area contributed by atoms with Crippen LogP contribution < -0.4 is 0 Å². The lowest BCUT2D eigenvalue weighted by molar-refractivity contribution is -0.138. The third kappa shape index (κ3) is 2.84. The van der Waals surface area contributed by atoms with Crippen molar-refractivity contribution in [3.8, 4) is 0 Å². The number of amides is 2. The number of rotatable bonds is 4. The Morgan fingerprint density at radius 3 is 2.47 bits per heavy atom. The normalized spacial score (nSPS) is 26.9. The molecule has 2 aliphatic heterocycles. The van der Waals surface area contributed by atoms with E-state index in [1.165, 1.54) is 4.90 Å². The van der Waals surface area contributed by atoms with Gasteiger partial charge >= 0.3 is 0 Å². The van der Waals surface area contributed by atoms with Crippen LogP contribution in [0.4, 0.5) is 0 Å². The van der Waals surface area contributed by atoms with Crippen molar-refractivity contribution in [2.45, 2.75) is 38.1 Å². The standard InChI is InChI=1S/C12H20N2O3/c15-9-10-3-1-2-6-13(10)7-8-14-11(16)4-5-12(14)17/h10,15H,1-9H2/t10-/m1/s1. The van der Waals surface area contributed by atoms with Gasteiger partial charge in [-0.25, -0.2) is 0 Å². The molecule has 1 N–H and O–H groups in total. The molecule has 5 nitrogen and oxygen atoms in total. The van der Waals surface area contributed by atoms with E-state index in [-0.39, 0.29) is 24.5 Å². The first kappa shape index (κ1) is 12.5. The predicted octanol–water partition coefficient (Wildman–Crippen LogP) is -0.0178. The van der Waals surface area contributed by atoms with Crippen LogP contribution in [-0.4, -0.2) is 59.0 Å². The van der Waals surface area contributed by atoms with Crippen molar-refractivity contribution in [2.75, 3.05) is 26.2 Å². The minimum atomic E-state index is -0.0486. The summed E-state index contributed by atoms with van der Waals surface area (Å²) >= 11 is 0. The second-order valence-corrected chi connectivity index (χ2v) is 4.81. The van der Waals surface area contributed by atoms with Gasteiger partial charge in [0.1, 0.15) is 0 Å². The number of nitrogens with zero attached hydrogens (tertiary/aromatic N) is 2. The van der Waals surface area contributed by atoms with Crippen molar-refractivity contribution >= 4 is 11.8 Å². The van der Waals surface area contributed by atoms with Gasteiger partial charge in [0, 0.05) is 32.0 Å². The molecule has 0 spiro atoms. The number of hydrogen-bond acceptors (Lipinski definition) is 4. The Bertz CT molecular complexity index is 290. The van der Waals surface area contributed by atoms with Crippen LogP contribution in [0.25, 0.3) is 0 Å². The lowest BCUT2D eigenvalue weighted by Crippen LogP contribution is -2.46. The highest BCUT2D eigenvalue weighted by atomic mass is 16.3. The van der Waals surface area contributed by atoms with E-state index < -0.39 is 0 Å². The van der Waals surface area contributed by atoms with Gasteiger partial charge in [-0.05, 0) is 19.4 Å². The van der Waals surface area contributed by atoms with Gasteiger partial charge < -0.3 is 5.11 Å². The lowest BCUT2D eigenvalue weighted by atomic mass is 10.0. The molecule has 2 amide bonds. The van der Waals surface area contributed by atoms with Crippen LogP contribution in [-0.2, 0) is 9.59 Å². The zero-order valence-electron chi connectivity index (χ0n) is 10.1. The average molecular weight is 240 g/mol. The Hall–Kier alpha value is -0.940. The van der Waals surface area contributed by atoms with E-state index in [1.54, 1.807) is 0 Å². The molecule has 0 radical (unpaired) electrons. The average Bonchev–Trinajstić information content (AvgIpc) is 2.67. The number of aliphatic hydroxyl groups is 1. The summed E-state index contributed by atoms with van der Waals surface area (Å²) in [6.45, 7) is 2.31. The van der Waals surface area contributed by atoms with Crippen LogP contribution in [0.15, 0.2) is 0 Å². The number of imide groups is 1. The summed E-state index contributed by atoms with van der Waals surface area (Å²) in [6.07, 6.45) is 4.03. The molecule has 2 heterocycles. The van der Waals surface area contributed by atoms with E-state index in [9.17, 15) is 14.7 Å². The zero-order valence-corrected chi connectivity index (χ0v) is 10.1. The van der Waals surface area contributed by atoms with Crippen LogP contribution >= 0.6 is 0 Å². The first-order valence-electron chi connectivity index (χ1n) is 6.40. The van der Waals surface area contributed by atoms with Gasteiger partial charge in [0.2, 0.25) is 11.8 Å². The molecule has 96 valence electrons. The van der Waals surface area contributed by atoms with Gasteiger partial charge in [-0.1, -0.05) is 6.42 Å². The number of likely N-dealkylation sites (tertiary alicyclic amines) is 2. The summed E-state index contributed by atoms with van der Waals surface area (Å²) in [7, 11) is 0. The van der Waals surface area contributed by atoms with Crippen molar-refractivity contribution in [1.29, 1.82) is 0 Å². The maximum Gasteiger partial charge on any atom is 0.229 e. The van der Waals surface area contributed by atoms with Crippen molar-refractivity contribution in [1.82, 2.24) is 9.80 Å². The first-order valence-corrected chi connectivity index (χ1v) is 6.40. The molecule has 2 saturated heterocycles. The fourth-order valence-electron chi connectivity index (χ4n) is 2.66. The molecular weight excluding hydrogens is 220 g/mol. The number of hydrogen-bond donors (Lipinski definition) is 1. The van der Waals surface area contributed by atoms with Gasteiger partial charge in [0.15, 0.2) is 0 Å². The molecular formula is C12H20N2O3. The molecule has 0 aliphatic carbocycles. The first-order chi connectivity index (χ1) is 8.22. The van der Waals surface area contributed by atoms with E-state index in [0.29, 0.717) is 25.9 Å². The van der Waals surface area contributed by atoms with Gasteiger partial charge in [-0.3, -0.25) is 19.4 Å². The molecule has 0 bridgehead atoms. The minimum absolute atomic E-state index is 0.0486. The highest BCUT2D eigenvalue weighted by Crippen LogP contribution is 2.17. The SMILES string of the molecule is O=C1CCC(=O)N1CCN1CCCC[C@@H]1CO. The fourth-order valence-corrected chi connectivity index (χ4v) is 2.66. The second-order valence-electron chi connectivity index (χ2n) is 4.81. The molecule has 0 aromatic heterocycles. The summed E-state index contributed by atoms with van der Waals surface area (Å²) in [5.74, 6) is -0.0971. The maximum absolute atomic E-state index is 11.4. The zero-order chi connectivity index (χ0) is 12.3. The summed E-state index contributed by atoms with van der Waals surface area (Å²) in [5, 5.41) is 9.27. The second kappa shape index (κ2) is 5.60. The molecule has 2 rings (SSSR count). The van der Waals surface area contributed by atoms with E-state index in [4.69, 9.17) is 0 Å². The molecule has 1 atom stereocenters. The third-order valence-electron chi connectivity index (χ3n) is 3.73. The summed E-state index contributed by atoms with van der Waals surface area (Å²) in [5.41, 5.74) is 0. The summed E-state index contributed by atoms with van der Waals surface area (Å²) < 4.78 is 0. The Morgan fingerprint density at radius 2 is 1.82 bits per heavy atom. The van der Waals surface area contributed by atoms with E-state index in [1.807, 2.05) is 0 Å². The molecule has 0 saturated carbocycles. The van der Waals surface area contributed by atoms with Gasteiger partial charge in [0.25, 0.3) is 0 Å². The van der Waals surface area contributed by atoms with Crippen LogP contribution in [0.3, 0.4) is 0 Å². The van der Waals surface area contributed by atoms with E-state index >= 15 is 0 Å². The molecule has 0 unspecified atom stereocenters. The lowest BCUT2D eigenvalue weighted by Gasteiger charge is -2.35. The number of carbonyl (C=O) groups is 2. The predicted molar refractivity (Wildman–Crippen MR) is 62.3 cm³/mol. The Morgan fingerprint density at radius 1 is 1.12 bits per heavy atom. The van der Waals surface area contributed by atoms with Crippen LogP contribution in [0.2, 0.25) is 0 Å². The van der Waals surface area contributed by atoms with E-state index in [0.717, 1.165) is 25.8 Å². The van der Waals surface area contributed by atoms with Crippen molar-refractivity contribution in [3.63, 3.8) is 0 Å². The summed E-state index contributed by atoms with van der Waals surface area (Å²) in [4.78, 5) is 26.5. The smallest absolute Gasteiger partial charge is 0.229 e. The molecule has 17 heavy (non-hydrogen) atoms.